The van der Waals surface area contributed by atoms with Gasteiger partial charge in [0.05, 0.1) is 23.7 Å². The Balaban J connectivity index is 1.65. The van der Waals surface area contributed by atoms with Gasteiger partial charge < -0.3 is 14.5 Å². The SMILES string of the molecule is C=CCOC(=O)C1=C(C)N=C2SC=C(CC(=O)N(C)Cc3ccccc3)N2[C@@H]1c1ccccc1C. The molecule has 0 aliphatic carbocycles. The van der Waals surface area contributed by atoms with Crippen molar-refractivity contribution in [2.24, 2.45) is 4.99 Å². The maximum Gasteiger partial charge on any atom is 0.338 e. The van der Waals surface area contributed by atoms with Gasteiger partial charge in [0.2, 0.25) is 5.91 Å². The molecule has 1 atom stereocenters. The monoisotopic (exact) mass is 487 g/mol. The third-order valence-corrected chi connectivity index (χ3v) is 6.95. The first-order valence-corrected chi connectivity index (χ1v) is 12.3. The van der Waals surface area contributed by atoms with E-state index in [0.29, 0.717) is 17.8 Å². The minimum atomic E-state index is -0.436. The first-order chi connectivity index (χ1) is 16.9. The number of hydrogen-bond acceptors (Lipinski definition) is 6. The predicted molar refractivity (Wildman–Crippen MR) is 140 cm³/mol. The van der Waals surface area contributed by atoms with Crippen LogP contribution in [-0.2, 0) is 20.9 Å². The molecule has 0 N–H and O–H groups in total. The summed E-state index contributed by atoms with van der Waals surface area (Å²) in [6.45, 7) is 8.15. The zero-order valence-electron chi connectivity index (χ0n) is 20.2. The number of nitrogens with zero attached hydrogens (tertiary/aromatic N) is 3. The van der Waals surface area contributed by atoms with E-state index in [4.69, 9.17) is 9.73 Å². The van der Waals surface area contributed by atoms with Crippen molar-refractivity contribution < 1.29 is 14.3 Å². The van der Waals surface area contributed by atoms with Crippen molar-refractivity contribution in [2.75, 3.05) is 13.7 Å². The number of fused-ring (bicyclic) bond motifs is 1. The summed E-state index contributed by atoms with van der Waals surface area (Å²) in [7, 11) is 1.81. The number of benzene rings is 2. The third-order valence-electron chi connectivity index (χ3n) is 6.06. The molecule has 0 radical (unpaired) electrons. The zero-order chi connectivity index (χ0) is 24.9. The lowest BCUT2D eigenvalue weighted by atomic mass is 9.91. The van der Waals surface area contributed by atoms with E-state index in [1.165, 1.54) is 11.8 Å². The van der Waals surface area contributed by atoms with Crippen LogP contribution in [-0.4, -0.2) is 40.5 Å². The second-order valence-corrected chi connectivity index (χ2v) is 9.39. The number of carbonyl (C=O) groups is 2. The number of thioether (sulfide) groups is 1. The minimum Gasteiger partial charge on any atom is -0.458 e. The van der Waals surface area contributed by atoms with Gasteiger partial charge in [0.15, 0.2) is 5.17 Å². The smallest absolute Gasteiger partial charge is 0.338 e. The number of aryl methyl sites for hydroxylation is 1. The quantitative estimate of drug-likeness (QED) is 0.371. The van der Waals surface area contributed by atoms with Crippen LogP contribution in [0.5, 0.6) is 0 Å². The van der Waals surface area contributed by atoms with Gasteiger partial charge in [-0.25, -0.2) is 9.79 Å². The van der Waals surface area contributed by atoms with E-state index in [1.54, 1.807) is 11.0 Å². The molecule has 1 amide bonds. The molecule has 2 aliphatic rings. The molecule has 2 aliphatic heterocycles. The highest BCUT2D eigenvalue weighted by atomic mass is 32.2. The number of aliphatic imine (C=N–C) groups is 1. The van der Waals surface area contributed by atoms with Crippen molar-refractivity contribution >= 4 is 28.8 Å². The van der Waals surface area contributed by atoms with Crippen molar-refractivity contribution in [1.82, 2.24) is 9.80 Å². The van der Waals surface area contributed by atoms with Crippen LogP contribution in [0.15, 0.2) is 94.6 Å². The van der Waals surface area contributed by atoms with Gasteiger partial charge in [0.1, 0.15) is 6.61 Å². The van der Waals surface area contributed by atoms with Crippen LogP contribution >= 0.6 is 11.8 Å². The Kier molecular flexibility index (Phi) is 7.56. The van der Waals surface area contributed by atoms with E-state index in [1.807, 2.05) is 85.8 Å². The molecule has 0 aromatic heterocycles. The van der Waals surface area contributed by atoms with Crippen LogP contribution in [0.25, 0.3) is 0 Å². The van der Waals surface area contributed by atoms with Gasteiger partial charge in [-0.2, -0.15) is 0 Å². The number of hydrogen-bond donors (Lipinski definition) is 0. The number of amides is 1. The number of rotatable bonds is 8. The molecule has 180 valence electrons. The van der Waals surface area contributed by atoms with Crippen molar-refractivity contribution in [3.05, 3.63) is 106 Å². The zero-order valence-corrected chi connectivity index (χ0v) is 21.0. The first kappa shape index (κ1) is 24.5. The summed E-state index contributed by atoms with van der Waals surface area (Å²) in [5.41, 5.74) is 5.00. The van der Waals surface area contributed by atoms with Gasteiger partial charge in [-0.15, -0.1) is 0 Å². The van der Waals surface area contributed by atoms with Crippen molar-refractivity contribution in [2.45, 2.75) is 32.9 Å². The Bertz CT molecular complexity index is 1230. The van der Waals surface area contributed by atoms with Crippen LogP contribution < -0.4 is 0 Å². The van der Waals surface area contributed by atoms with Crippen molar-refractivity contribution in [3.8, 4) is 0 Å². The number of ether oxygens (including phenoxy) is 1. The molecule has 2 aromatic rings. The molecular formula is C28H29N3O3S. The molecule has 0 spiro atoms. The van der Waals surface area contributed by atoms with Crippen LogP contribution in [0.4, 0.5) is 0 Å². The van der Waals surface area contributed by atoms with E-state index in [9.17, 15) is 9.59 Å². The highest BCUT2D eigenvalue weighted by molar-refractivity contribution is 8.16. The molecular weight excluding hydrogens is 458 g/mol. The van der Waals surface area contributed by atoms with E-state index in [2.05, 4.69) is 6.58 Å². The van der Waals surface area contributed by atoms with E-state index in [0.717, 1.165) is 27.6 Å². The van der Waals surface area contributed by atoms with E-state index >= 15 is 0 Å². The Morgan fingerprint density at radius 3 is 2.57 bits per heavy atom. The molecule has 0 saturated carbocycles. The molecule has 0 unspecified atom stereocenters. The second kappa shape index (κ2) is 10.8. The first-order valence-electron chi connectivity index (χ1n) is 11.5. The van der Waals surface area contributed by atoms with Crippen LogP contribution in [0.2, 0.25) is 0 Å². The fourth-order valence-electron chi connectivity index (χ4n) is 4.27. The summed E-state index contributed by atoms with van der Waals surface area (Å²) < 4.78 is 5.45. The fraction of sp³-hybridized carbons (Fsp3) is 0.250. The summed E-state index contributed by atoms with van der Waals surface area (Å²) in [6.07, 6.45) is 1.75. The van der Waals surface area contributed by atoms with Crippen molar-refractivity contribution in [3.63, 3.8) is 0 Å². The average Bonchev–Trinajstić information content (AvgIpc) is 3.24. The third kappa shape index (κ3) is 5.25. The second-order valence-electron chi connectivity index (χ2n) is 8.55. The number of amidine groups is 1. The molecule has 0 saturated heterocycles. The average molecular weight is 488 g/mol. The van der Waals surface area contributed by atoms with Gasteiger partial charge >= 0.3 is 5.97 Å². The lowest BCUT2D eigenvalue weighted by Gasteiger charge is -2.37. The molecule has 0 fully saturated rings. The molecule has 0 bridgehead atoms. The van der Waals surface area contributed by atoms with Gasteiger partial charge in [-0.3, -0.25) is 4.79 Å². The number of allylic oxidation sites excluding steroid dienone is 1. The predicted octanol–water partition coefficient (Wildman–Crippen LogP) is 5.35. The standard InChI is InChI=1S/C28H29N3O3S/c1-5-15-34-27(33)25-20(3)29-28-31(26(25)23-14-10-9-11-19(23)2)22(18-35-28)16-24(32)30(4)17-21-12-7-6-8-13-21/h5-14,18,26H,1,15-17H2,2-4H3/t26-/m1/s1. The Hall–Kier alpha value is -3.58. The van der Waals surface area contributed by atoms with E-state index < -0.39 is 12.0 Å². The normalized spacial score (nSPS) is 16.9. The highest BCUT2D eigenvalue weighted by Gasteiger charge is 2.41. The van der Waals surface area contributed by atoms with Gasteiger partial charge in [-0.1, -0.05) is 79.0 Å². The number of carbonyl (C=O) groups excluding carboxylic acids is 2. The lowest BCUT2D eigenvalue weighted by molar-refractivity contribution is -0.138. The maximum atomic E-state index is 13.2. The van der Waals surface area contributed by atoms with Crippen molar-refractivity contribution in [1.29, 1.82) is 0 Å². The van der Waals surface area contributed by atoms with Crippen LogP contribution in [0, 0.1) is 6.92 Å². The molecule has 4 rings (SSSR count). The molecule has 7 heteroatoms. The molecule has 35 heavy (non-hydrogen) atoms. The Labute approximate surface area is 210 Å². The van der Waals surface area contributed by atoms with Gasteiger partial charge in [-0.05, 0) is 35.9 Å². The topological polar surface area (TPSA) is 62.2 Å². The Morgan fingerprint density at radius 2 is 1.86 bits per heavy atom. The molecule has 2 aromatic carbocycles. The maximum absolute atomic E-state index is 13.2. The summed E-state index contributed by atoms with van der Waals surface area (Å²) in [5, 5.41) is 2.72. The summed E-state index contributed by atoms with van der Waals surface area (Å²) in [6, 6.07) is 17.4. The van der Waals surface area contributed by atoms with E-state index in [-0.39, 0.29) is 18.9 Å². The van der Waals surface area contributed by atoms with Crippen LogP contribution in [0.3, 0.4) is 0 Å². The highest BCUT2D eigenvalue weighted by Crippen LogP contribution is 2.45. The number of esters is 1. The van der Waals surface area contributed by atoms with Gasteiger partial charge in [0, 0.05) is 19.3 Å². The molecule has 2 heterocycles. The fourth-order valence-corrected chi connectivity index (χ4v) is 5.23. The largest absolute Gasteiger partial charge is 0.458 e. The summed E-state index contributed by atoms with van der Waals surface area (Å²) in [4.78, 5) is 34.8. The minimum absolute atomic E-state index is 0.00690. The van der Waals surface area contributed by atoms with Crippen LogP contribution in [0.1, 0.15) is 36.1 Å². The summed E-state index contributed by atoms with van der Waals surface area (Å²) >= 11 is 1.47. The summed E-state index contributed by atoms with van der Waals surface area (Å²) in [5.74, 6) is -0.435. The van der Waals surface area contributed by atoms with Gasteiger partial charge in [0.25, 0.3) is 0 Å². The lowest BCUT2D eigenvalue weighted by Crippen LogP contribution is -2.38. The molecule has 6 nitrogen and oxygen atoms in total. The Morgan fingerprint density at radius 1 is 1.14 bits per heavy atom.